The van der Waals surface area contributed by atoms with Gasteiger partial charge >= 0.3 is 0 Å². The predicted molar refractivity (Wildman–Crippen MR) is 80.7 cm³/mol. The first kappa shape index (κ1) is 15.1. The number of halogens is 1. The molecule has 0 aliphatic heterocycles. The summed E-state index contributed by atoms with van der Waals surface area (Å²) >= 11 is 3.24. The van der Waals surface area contributed by atoms with Crippen LogP contribution in [0.1, 0.15) is 11.3 Å². The Morgan fingerprint density at radius 2 is 2.05 bits per heavy atom. The highest BCUT2D eigenvalue weighted by molar-refractivity contribution is 9.10. The highest BCUT2D eigenvalue weighted by Crippen LogP contribution is 2.27. The third-order valence-electron chi connectivity index (χ3n) is 3.00. The van der Waals surface area contributed by atoms with Crippen LogP contribution in [0.4, 0.5) is 5.69 Å². The predicted octanol–water partition coefficient (Wildman–Crippen LogP) is 2.75. The lowest BCUT2D eigenvalue weighted by Crippen LogP contribution is -2.27. The van der Waals surface area contributed by atoms with E-state index in [0.29, 0.717) is 15.9 Å². The van der Waals surface area contributed by atoms with Gasteiger partial charge in [0.15, 0.2) is 0 Å². The van der Waals surface area contributed by atoms with Crippen LogP contribution in [0.25, 0.3) is 0 Å². The number of aryl methyl sites for hydroxylation is 1. The Kier molecular flexibility index (Phi) is 4.22. The lowest BCUT2D eigenvalue weighted by molar-refractivity contribution is 0.458. The van der Waals surface area contributed by atoms with Gasteiger partial charge in [-0.15, -0.1) is 0 Å². The van der Waals surface area contributed by atoms with Gasteiger partial charge in [-0.25, -0.2) is 8.42 Å². The summed E-state index contributed by atoms with van der Waals surface area (Å²) in [5.41, 5.74) is 6.97. The summed E-state index contributed by atoms with van der Waals surface area (Å²) in [5, 5.41) is 0. The Morgan fingerprint density at radius 1 is 1.35 bits per heavy atom. The standard InChI is InChI=1S/C13H15BrN2O3S/c1-9-10(5-6-19-9)8-16(2)20(17,18)13-4-3-11(15)7-12(13)14/h3-7H,8,15H2,1-2H3. The third kappa shape index (κ3) is 2.89. The van der Waals surface area contributed by atoms with E-state index in [-0.39, 0.29) is 11.4 Å². The van der Waals surface area contributed by atoms with Gasteiger partial charge in [0.25, 0.3) is 0 Å². The molecule has 20 heavy (non-hydrogen) atoms. The molecule has 7 heteroatoms. The van der Waals surface area contributed by atoms with Crippen molar-refractivity contribution in [1.29, 1.82) is 0 Å². The first-order valence-electron chi connectivity index (χ1n) is 5.86. The zero-order chi connectivity index (χ0) is 14.9. The van der Waals surface area contributed by atoms with Gasteiger partial charge in [0.2, 0.25) is 10.0 Å². The van der Waals surface area contributed by atoms with E-state index in [1.54, 1.807) is 31.4 Å². The molecule has 1 heterocycles. The molecule has 0 fully saturated rings. The van der Waals surface area contributed by atoms with E-state index in [1.165, 1.54) is 17.4 Å². The Morgan fingerprint density at radius 3 is 2.60 bits per heavy atom. The number of hydrogen-bond acceptors (Lipinski definition) is 4. The van der Waals surface area contributed by atoms with Crippen molar-refractivity contribution in [1.82, 2.24) is 4.31 Å². The molecule has 2 aromatic rings. The average Bonchev–Trinajstić information content (AvgIpc) is 2.74. The van der Waals surface area contributed by atoms with E-state index in [9.17, 15) is 8.42 Å². The molecule has 0 saturated carbocycles. The van der Waals surface area contributed by atoms with Gasteiger partial charge in [-0.3, -0.25) is 0 Å². The number of rotatable bonds is 4. The Bertz CT molecular complexity index is 725. The van der Waals surface area contributed by atoms with E-state index < -0.39 is 10.0 Å². The first-order valence-corrected chi connectivity index (χ1v) is 8.10. The van der Waals surface area contributed by atoms with Crippen molar-refractivity contribution in [2.75, 3.05) is 12.8 Å². The molecule has 5 nitrogen and oxygen atoms in total. The molecule has 2 N–H and O–H groups in total. The van der Waals surface area contributed by atoms with Crippen molar-refractivity contribution >= 4 is 31.6 Å². The van der Waals surface area contributed by atoms with Crippen molar-refractivity contribution in [3.63, 3.8) is 0 Å². The second-order valence-corrected chi connectivity index (χ2v) is 7.32. The maximum absolute atomic E-state index is 12.5. The monoisotopic (exact) mass is 358 g/mol. The molecule has 0 saturated heterocycles. The molecule has 0 aliphatic rings. The molecule has 0 spiro atoms. The number of hydrogen-bond donors (Lipinski definition) is 1. The summed E-state index contributed by atoms with van der Waals surface area (Å²) in [7, 11) is -2.06. The van der Waals surface area contributed by atoms with E-state index in [1.807, 2.05) is 0 Å². The lowest BCUT2D eigenvalue weighted by atomic mass is 10.3. The summed E-state index contributed by atoms with van der Waals surface area (Å²) in [5.74, 6) is 0.712. The highest BCUT2D eigenvalue weighted by atomic mass is 79.9. The van der Waals surface area contributed by atoms with Crippen LogP contribution in [0, 0.1) is 6.92 Å². The molecule has 0 atom stereocenters. The van der Waals surface area contributed by atoms with Crippen LogP contribution in [0.15, 0.2) is 44.3 Å². The molecular weight excluding hydrogens is 344 g/mol. The van der Waals surface area contributed by atoms with Gasteiger partial charge in [0, 0.05) is 29.3 Å². The van der Waals surface area contributed by atoms with Gasteiger partial charge in [-0.1, -0.05) is 0 Å². The first-order chi connectivity index (χ1) is 9.32. The molecule has 2 rings (SSSR count). The molecule has 0 radical (unpaired) electrons. The number of benzene rings is 1. The van der Waals surface area contributed by atoms with E-state index in [0.717, 1.165) is 5.56 Å². The molecule has 1 aromatic carbocycles. The van der Waals surface area contributed by atoms with E-state index in [4.69, 9.17) is 10.2 Å². The van der Waals surface area contributed by atoms with Crippen molar-refractivity contribution < 1.29 is 12.8 Å². The molecule has 1 aromatic heterocycles. The number of nitrogens with zero attached hydrogens (tertiary/aromatic N) is 1. The summed E-state index contributed by atoms with van der Waals surface area (Å²) in [4.78, 5) is 0.190. The second kappa shape index (κ2) is 5.59. The fourth-order valence-electron chi connectivity index (χ4n) is 1.79. The minimum atomic E-state index is -3.59. The van der Waals surface area contributed by atoms with Crippen LogP contribution in [0.3, 0.4) is 0 Å². The van der Waals surface area contributed by atoms with Crippen LogP contribution in [0.5, 0.6) is 0 Å². The molecule has 0 bridgehead atoms. The van der Waals surface area contributed by atoms with Gasteiger partial charge in [-0.05, 0) is 47.1 Å². The number of nitrogen functional groups attached to an aromatic ring is 1. The number of sulfonamides is 1. The zero-order valence-electron chi connectivity index (χ0n) is 11.1. The smallest absolute Gasteiger partial charge is 0.244 e. The minimum absolute atomic E-state index is 0.190. The maximum Gasteiger partial charge on any atom is 0.244 e. The van der Waals surface area contributed by atoms with Gasteiger partial charge < -0.3 is 10.2 Å². The minimum Gasteiger partial charge on any atom is -0.469 e. The van der Waals surface area contributed by atoms with Crippen LogP contribution in [0.2, 0.25) is 0 Å². The molecular formula is C13H15BrN2O3S. The maximum atomic E-state index is 12.5. The zero-order valence-corrected chi connectivity index (χ0v) is 13.5. The fourth-order valence-corrected chi connectivity index (χ4v) is 3.99. The molecule has 0 aliphatic carbocycles. The van der Waals surface area contributed by atoms with E-state index >= 15 is 0 Å². The summed E-state index contributed by atoms with van der Waals surface area (Å²) in [6.45, 7) is 2.05. The van der Waals surface area contributed by atoms with Crippen molar-refractivity contribution in [2.45, 2.75) is 18.4 Å². The number of furan rings is 1. The largest absolute Gasteiger partial charge is 0.469 e. The van der Waals surface area contributed by atoms with Crippen LogP contribution >= 0.6 is 15.9 Å². The van der Waals surface area contributed by atoms with Crippen LogP contribution < -0.4 is 5.73 Å². The van der Waals surface area contributed by atoms with E-state index in [2.05, 4.69) is 15.9 Å². The normalized spacial score (nSPS) is 12.0. The van der Waals surface area contributed by atoms with Crippen molar-refractivity contribution in [2.24, 2.45) is 0 Å². The fraction of sp³-hybridized carbons (Fsp3) is 0.231. The molecule has 0 unspecified atom stereocenters. The van der Waals surface area contributed by atoms with Gasteiger partial charge in [0.05, 0.1) is 11.2 Å². The molecule has 108 valence electrons. The van der Waals surface area contributed by atoms with Crippen molar-refractivity contribution in [3.05, 3.63) is 46.3 Å². The summed E-state index contributed by atoms with van der Waals surface area (Å²) in [6.07, 6.45) is 1.55. The van der Waals surface area contributed by atoms with Crippen LogP contribution in [-0.4, -0.2) is 19.8 Å². The van der Waals surface area contributed by atoms with Crippen molar-refractivity contribution in [3.8, 4) is 0 Å². The topological polar surface area (TPSA) is 76.5 Å². The van der Waals surface area contributed by atoms with Crippen LogP contribution in [-0.2, 0) is 16.6 Å². The lowest BCUT2D eigenvalue weighted by Gasteiger charge is -2.18. The Balaban J connectivity index is 2.32. The SMILES string of the molecule is Cc1occc1CN(C)S(=O)(=O)c1ccc(N)cc1Br. The highest BCUT2D eigenvalue weighted by Gasteiger charge is 2.24. The average molecular weight is 359 g/mol. The van der Waals surface area contributed by atoms with Gasteiger partial charge in [0.1, 0.15) is 5.76 Å². The second-order valence-electron chi connectivity index (χ2n) is 4.45. The quantitative estimate of drug-likeness (QED) is 0.852. The number of anilines is 1. The van der Waals surface area contributed by atoms with Gasteiger partial charge in [-0.2, -0.15) is 4.31 Å². The Labute approximate surface area is 126 Å². The Hall–Kier alpha value is -1.31. The third-order valence-corrected chi connectivity index (χ3v) is 5.78. The molecule has 0 amide bonds. The summed E-state index contributed by atoms with van der Waals surface area (Å²) < 4.78 is 32.0. The summed E-state index contributed by atoms with van der Waals surface area (Å²) in [6, 6.07) is 6.39. The number of nitrogens with two attached hydrogens (primary N) is 1.